The minimum Gasteiger partial charge on any atom is -0.479 e. The van der Waals surface area contributed by atoms with Crippen LogP contribution in [0.15, 0.2) is 0 Å². The number of hydrogen-bond acceptors (Lipinski definition) is 4. The van der Waals surface area contributed by atoms with Crippen LogP contribution in [0.4, 0.5) is 4.79 Å². The first-order valence-electron chi connectivity index (χ1n) is 6.48. The molecule has 0 bridgehead atoms. The van der Waals surface area contributed by atoms with Crippen LogP contribution < -0.4 is 10.6 Å². The van der Waals surface area contributed by atoms with E-state index < -0.39 is 17.6 Å². The Morgan fingerprint density at radius 1 is 1.40 bits per heavy atom. The molecule has 0 aromatic carbocycles. The first-order chi connectivity index (χ1) is 9.27. The lowest BCUT2D eigenvalue weighted by Gasteiger charge is -2.32. The number of urea groups is 1. The molecule has 0 aliphatic carbocycles. The molecule has 0 radical (unpaired) electrons. The van der Waals surface area contributed by atoms with Gasteiger partial charge in [0.15, 0.2) is 5.60 Å². The molecule has 1 fully saturated rings. The Morgan fingerprint density at radius 3 is 2.60 bits per heavy atom. The normalized spacial score (nSPS) is 21.8. The number of rotatable bonds is 4. The highest BCUT2D eigenvalue weighted by molar-refractivity contribution is 5.81. The summed E-state index contributed by atoms with van der Waals surface area (Å²) in [7, 11) is 1.55. The second kappa shape index (κ2) is 6.56. The Hall–Kier alpha value is -1.83. The molecular weight excluding hydrogens is 266 g/mol. The highest BCUT2D eigenvalue weighted by Gasteiger charge is 2.32. The Labute approximate surface area is 117 Å². The molecule has 0 saturated carbocycles. The van der Waals surface area contributed by atoms with Gasteiger partial charge in [0.2, 0.25) is 5.91 Å². The predicted molar refractivity (Wildman–Crippen MR) is 70.0 cm³/mol. The number of carboxylic acids is 1. The molecule has 0 aromatic rings. The van der Waals surface area contributed by atoms with Crippen LogP contribution in [-0.4, -0.2) is 65.3 Å². The molecule has 0 aromatic heterocycles. The molecule has 1 saturated heterocycles. The van der Waals surface area contributed by atoms with E-state index in [1.54, 1.807) is 7.05 Å². The molecule has 1 aliphatic heterocycles. The van der Waals surface area contributed by atoms with Crippen molar-refractivity contribution < 1.29 is 24.6 Å². The molecule has 2 unspecified atom stereocenters. The number of amides is 3. The Bertz CT molecular complexity index is 397. The topological polar surface area (TPSA) is 119 Å². The summed E-state index contributed by atoms with van der Waals surface area (Å²) >= 11 is 0. The molecule has 3 amide bonds. The van der Waals surface area contributed by atoms with Crippen LogP contribution in [0.5, 0.6) is 0 Å². The van der Waals surface area contributed by atoms with Gasteiger partial charge < -0.3 is 25.7 Å². The minimum atomic E-state index is -2.01. The van der Waals surface area contributed by atoms with Crippen molar-refractivity contribution in [3.63, 3.8) is 0 Å². The van der Waals surface area contributed by atoms with E-state index in [0.717, 1.165) is 13.3 Å². The average Bonchev–Trinajstić information content (AvgIpc) is 2.43. The van der Waals surface area contributed by atoms with Gasteiger partial charge >= 0.3 is 12.0 Å². The van der Waals surface area contributed by atoms with Crippen LogP contribution in [-0.2, 0) is 9.59 Å². The summed E-state index contributed by atoms with van der Waals surface area (Å²) in [5.41, 5.74) is -2.01. The molecule has 1 aliphatic rings. The van der Waals surface area contributed by atoms with Gasteiger partial charge in [0, 0.05) is 20.1 Å². The van der Waals surface area contributed by atoms with Gasteiger partial charge in [-0.25, -0.2) is 9.59 Å². The first kappa shape index (κ1) is 16.2. The standard InChI is InChI=1S/C12H21N3O5/c1-12(20,10(17)18)7-14-11(19)15-5-3-4-8(6-15)9(16)13-2/h8,20H,3-7H2,1-2H3,(H,13,16)(H,14,19)(H,17,18). The van der Waals surface area contributed by atoms with E-state index in [9.17, 15) is 19.5 Å². The molecule has 4 N–H and O–H groups in total. The molecule has 8 nitrogen and oxygen atoms in total. The number of piperidine rings is 1. The lowest BCUT2D eigenvalue weighted by Crippen LogP contribution is -2.53. The van der Waals surface area contributed by atoms with Crippen LogP contribution in [0, 0.1) is 5.92 Å². The fourth-order valence-corrected chi connectivity index (χ4v) is 2.01. The number of likely N-dealkylation sites (tertiary alicyclic amines) is 1. The van der Waals surface area contributed by atoms with Crippen LogP contribution >= 0.6 is 0 Å². The Balaban J connectivity index is 2.51. The van der Waals surface area contributed by atoms with Crippen molar-refractivity contribution in [2.24, 2.45) is 5.92 Å². The van der Waals surface area contributed by atoms with E-state index in [-0.39, 0.29) is 18.4 Å². The van der Waals surface area contributed by atoms with E-state index >= 15 is 0 Å². The summed E-state index contributed by atoms with van der Waals surface area (Å²) in [6.07, 6.45) is 1.43. The van der Waals surface area contributed by atoms with Crippen molar-refractivity contribution in [2.75, 3.05) is 26.7 Å². The Morgan fingerprint density at radius 2 is 2.05 bits per heavy atom. The van der Waals surface area contributed by atoms with Gasteiger partial charge in [-0.2, -0.15) is 0 Å². The van der Waals surface area contributed by atoms with E-state index in [2.05, 4.69) is 10.6 Å². The lowest BCUT2D eigenvalue weighted by molar-refractivity contribution is -0.155. The van der Waals surface area contributed by atoms with Crippen molar-refractivity contribution in [3.05, 3.63) is 0 Å². The highest BCUT2D eigenvalue weighted by Crippen LogP contribution is 2.16. The molecule has 20 heavy (non-hydrogen) atoms. The third-order valence-electron chi connectivity index (χ3n) is 3.37. The minimum absolute atomic E-state index is 0.111. The maximum atomic E-state index is 11.9. The maximum Gasteiger partial charge on any atom is 0.337 e. The van der Waals surface area contributed by atoms with Gasteiger partial charge in [-0.3, -0.25) is 4.79 Å². The second-order valence-electron chi connectivity index (χ2n) is 5.14. The van der Waals surface area contributed by atoms with Crippen molar-refractivity contribution in [2.45, 2.75) is 25.4 Å². The number of carboxylic acid groups (broad SMARTS) is 1. The molecule has 0 spiro atoms. The zero-order chi connectivity index (χ0) is 15.3. The highest BCUT2D eigenvalue weighted by atomic mass is 16.4. The molecule has 1 heterocycles. The quantitative estimate of drug-likeness (QED) is 0.528. The van der Waals surface area contributed by atoms with E-state index in [0.29, 0.717) is 19.5 Å². The molecule has 1 rings (SSSR count). The van der Waals surface area contributed by atoms with Crippen molar-refractivity contribution >= 4 is 17.9 Å². The van der Waals surface area contributed by atoms with Crippen molar-refractivity contribution in [3.8, 4) is 0 Å². The summed E-state index contributed by atoms with van der Waals surface area (Å²) in [5, 5.41) is 23.2. The fourth-order valence-electron chi connectivity index (χ4n) is 2.01. The smallest absolute Gasteiger partial charge is 0.337 e. The number of aliphatic hydroxyl groups is 1. The van der Waals surface area contributed by atoms with E-state index in [4.69, 9.17) is 5.11 Å². The summed E-state index contributed by atoms with van der Waals surface area (Å²) in [4.78, 5) is 35.6. The number of carbonyl (C=O) groups excluding carboxylic acids is 2. The largest absolute Gasteiger partial charge is 0.479 e. The molecular formula is C12H21N3O5. The van der Waals surface area contributed by atoms with Crippen molar-refractivity contribution in [1.29, 1.82) is 0 Å². The predicted octanol–water partition coefficient (Wildman–Crippen LogP) is -1.01. The van der Waals surface area contributed by atoms with Crippen LogP contribution in [0.3, 0.4) is 0 Å². The summed E-state index contributed by atoms with van der Waals surface area (Å²) in [5.74, 6) is -1.76. The monoisotopic (exact) mass is 287 g/mol. The fraction of sp³-hybridized carbons (Fsp3) is 0.750. The van der Waals surface area contributed by atoms with E-state index in [1.807, 2.05) is 0 Å². The number of nitrogens with one attached hydrogen (secondary N) is 2. The number of aliphatic carboxylic acids is 1. The Kier molecular flexibility index (Phi) is 5.32. The van der Waals surface area contributed by atoms with Crippen LogP contribution in [0.2, 0.25) is 0 Å². The van der Waals surface area contributed by atoms with Gasteiger partial charge in [-0.1, -0.05) is 0 Å². The molecule has 2 atom stereocenters. The van der Waals surface area contributed by atoms with Gasteiger partial charge in [0.25, 0.3) is 0 Å². The summed E-state index contributed by atoms with van der Waals surface area (Å²) in [6, 6.07) is -0.472. The summed E-state index contributed by atoms with van der Waals surface area (Å²) < 4.78 is 0. The average molecular weight is 287 g/mol. The van der Waals surface area contributed by atoms with Crippen molar-refractivity contribution in [1.82, 2.24) is 15.5 Å². The third-order valence-corrected chi connectivity index (χ3v) is 3.37. The van der Waals surface area contributed by atoms with E-state index in [1.165, 1.54) is 4.90 Å². The third kappa shape index (κ3) is 4.09. The number of carbonyl (C=O) groups is 3. The van der Waals surface area contributed by atoms with Gasteiger partial charge in [0.1, 0.15) is 0 Å². The van der Waals surface area contributed by atoms with Crippen LogP contribution in [0.1, 0.15) is 19.8 Å². The maximum absolute atomic E-state index is 11.9. The zero-order valence-electron chi connectivity index (χ0n) is 11.7. The van der Waals surface area contributed by atoms with Crippen LogP contribution in [0.25, 0.3) is 0 Å². The van der Waals surface area contributed by atoms with Gasteiger partial charge in [-0.15, -0.1) is 0 Å². The first-order valence-corrected chi connectivity index (χ1v) is 6.48. The molecule has 114 valence electrons. The van der Waals surface area contributed by atoms with Gasteiger partial charge in [0.05, 0.1) is 12.5 Å². The molecule has 8 heteroatoms. The second-order valence-corrected chi connectivity index (χ2v) is 5.14. The van der Waals surface area contributed by atoms with Gasteiger partial charge in [-0.05, 0) is 19.8 Å². The zero-order valence-corrected chi connectivity index (χ0v) is 11.7. The lowest BCUT2D eigenvalue weighted by atomic mass is 9.97. The summed E-state index contributed by atoms with van der Waals surface area (Å²) in [6.45, 7) is 1.52. The number of hydrogen-bond donors (Lipinski definition) is 4. The SMILES string of the molecule is CNC(=O)C1CCCN(C(=O)NCC(C)(O)C(=O)O)C1. The number of nitrogens with zero attached hydrogens (tertiary/aromatic N) is 1.